The molecule has 0 aliphatic heterocycles. The van der Waals surface area contributed by atoms with E-state index >= 15 is 0 Å². The zero-order valence-electron chi connectivity index (χ0n) is 11.9. The molecule has 0 aromatic heterocycles. The molecule has 0 aromatic carbocycles. The molecule has 0 heterocycles. The van der Waals surface area contributed by atoms with Gasteiger partial charge in [-0.25, -0.2) is 0 Å². The molecule has 0 aliphatic carbocycles. The Balaban J connectivity index is -0.000000980. The van der Waals surface area contributed by atoms with Gasteiger partial charge in [0, 0.05) is 0 Å². The molecule has 0 aliphatic rings. The first-order valence-electron chi connectivity index (χ1n) is 7.12. The molecule has 0 saturated heterocycles. The fourth-order valence-electron chi connectivity index (χ4n) is 1.83. The maximum absolute atomic E-state index is 2.30. The molecular formula is C14H32O2Ti. The van der Waals surface area contributed by atoms with Gasteiger partial charge in [-0.1, -0.05) is 0 Å². The summed E-state index contributed by atoms with van der Waals surface area (Å²) in [5, 5.41) is 0. The summed E-state index contributed by atoms with van der Waals surface area (Å²) in [7, 11) is 0. The quantitative estimate of drug-likeness (QED) is 0.350. The molecule has 2 N–H and O–H groups in total. The summed E-state index contributed by atoms with van der Waals surface area (Å²) in [4.78, 5) is 0. The molecule has 0 aromatic rings. The second-order valence-electron chi connectivity index (χ2n) is 4.58. The van der Waals surface area contributed by atoms with Crippen LogP contribution in [0.5, 0.6) is 0 Å². The number of hydrogen-bond acceptors (Lipinski definition) is 2. The molecule has 0 fully saturated rings. The van der Waals surface area contributed by atoms with Crippen LogP contribution in [0.1, 0.15) is 78.1 Å². The van der Waals surface area contributed by atoms with Crippen LogP contribution in [0.2, 0.25) is 9.45 Å². The number of hydrogen-bond donors (Lipinski definition) is 0. The van der Waals surface area contributed by atoms with Crippen LogP contribution < -0.4 is 0 Å². The van der Waals surface area contributed by atoms with Crippen LogP contribution in [-0.2, 0) is 19.2 Å². The van der Waals surface area contributed by atoms with Gasteiger partial charge in [0.2, 0.25) is 0 Å². The maximum atomic E-state index is 2.30. The molecule has 0 radical (unpaired) electrons. The first kappa shape index (κ1) is 22.8. The van der Waals surface area contributed by atoms with Gasteiger partial charge in [0.1, 0.15) is 0 Å². The van der Waals surface area contributed by atoms with E-state index in [4.69, 9.17) is 0 Å². The van der Waals surface area contributed by atoms with Gasteiger partial charge < -0.3 is 11.0 Å². The van der Waals surface area contributed by atoms with Crippen LogP contribution in [0.15, 0.2) is 0 Å². The third-order valence-corrected chi connectivity index (χ3v) is 5.12. The first-order chi connectivity index (χ1) is 7.41. The van der Waals surface area contributed by atoms with Gasteiger partial charge in [0.25, 0.3) is 0 Å². The molecule has 0 saturated carbocycles. The van der Waals surface area contributed by atoms with Crippen LogP contribution in [0.3, 0.4) is 0 Å². The van der Waals surface area contributed by atoms with Crippen molar-refractivity contribution in [3.8, 4) is 0 Å². The number of rotatable bonds is 12. The second kappa shape index (κ2) is 21.9. The zero-order valence-corrected chi connectivity index (χ0v) is 13.4. The van der Waals surface area contributed by atoms with E-state index in [1.54, 1.807) is 9.45 Å². The van der Waals surface area contributed by atoms with Crippen LogP contribution in [0.25, 0.3) is 0 Å². The maximum Gasteiger partial charge on any atom is -0.870 e. The van der Waals surface area contributed by atoms with E-state index in [0.29, 0.717) is 19.2 Å². The topological polar surface area (TPSA) is 60.0 Å². The van der Waals surface area contributed by atoms with E-state index in [0.717, 1.165) is 0 Å². The van der Waals surface area contributed by atoms with Gasteiger partial charge in [-0.2, -0.15) is 0 Å². The molecule has 0 rings (SSSR count). The molecule has 0 bridgehead atoms. The Bertz CT molecular complexity index is 98.4. The van der Waals surface area contributed by atoms with Crippen LogP contribution in [-0.4, -0.2) is 11.0 Å². The third kappa shape index (κ3) is 22.3. The summed E-state index contributed by atoms with van der Waals surface area (Å²) >= 11 is 0.457. The largest absolute Gasteiger partial charge is 0.870 e. The average molecular weight is 280 g/mol. The van der Waals surface area contributed by atoms with E-state index in [9.17, 15) is 0 Å². The van der Waals surface area contributed by atoms with Crippen molar-refractivity contribution in [2.24, 2.45) is 0 Å². The summed E-state index contributed by atoms with van der Waals surface area (Å²) in [6.07, 6.45) is 14.7. The van der Waals surface area contributed by atoms with Gasteiger partial charge in [0.15, 0.2) is 0 Å². The van der Waals surface area contributed by atoms with E-state index < -0.39 is 0 Å². The minimum absolute atomic E-state index is 0. The molecule has 0 atom stereocenters. The molecule has 0 spiro atoms. The molecular weight excluding hydrogens is 248 g/mol. The molecule has 3 heteroatoms. The van der Waals surface area contributed by atoms with Gasteiger partial charge in [-0.05, 0) is 0 Å². The Morgan fingerprint density at radius 3 is 1.24 bits per heavy atom. The monoisotopic (exact) mass is 280 g/mol. The van der Waals surface area contributed by atoms with Gasteiger partial charge in [-0.15, -0.1) is 0 Å². The van der Waals surface area contributed by atoms with Crippen molar-refractivity contribution in [3.05, 3.63) is 0 Å². The first-order valence-corrected chi connectivity index (χ1v) is 9.33. The summed E-state index contributed by atoms with van der Waals surface area (Å²) in [5.41, 5.74) is 0. The standard InChI is InChI=1S/2C7H15.2H2O.Ti/c2*1-3-5-7-6-4-2;;;/h2*1,3-7H2,2H3;2*1H2;/q;;;;+2/p-2. The summed E-state index contributed by atoms with van der Waals surface area (Å²) < 4.78 is 3.22. The molecule has 17 heavy (non-hydrogen) atoms. The fourth-order valence-corrected chi connectivity index (χ4v) is 3.78. The SMILES string of the molecule is CCCCCC[CH2][Ti+2][CH2]CCCCCC.[OH-].[OH-]. The Morgan fingerprint density at radius 2 is 0.882 bits per heavy atom. The van der Waals surface area contributed by atoms with Crippen LogP contribution >= 0.6 is 0 Å². The summed E-state index contributed by atoms with van der Waals surface area (Å²) in [6, 6.07) is 0. The second-order valence-corrected chi connectivity index (χ2v) is 6.92. The predicted molar refractivity (Wildman–Crippen MR) is 71.0 cm³/mol. The predicted octanol–water partition coefficient (Wildman–Crippen LogP) is 5.49. The minimum atomic E-state index is 0. The normalized spacial score (nSPS) is 9.06. The van der Waals surface area contributed by atoms with E-state index in [2.05, 4.69) is 13.8 Å². The third-order valence-electron chi connectivity index (χ3n) is 2.91. The van der Waals surface area contributed by atoms with Crippen LogP contribution in [0, 0.1) is 0 Å². The Morgan fingerprint density at radius 1 is 0.529 bits per heavy atom. The van der Waals surface area contributed by atoms with Gasteiger partial charge >= 0.3 is 107 Å². The van der Waals surface area contributed by atoms with Crippen molar-refractivity contribution in [2.45, 2.75) is 87.5 Å². The van der Waals surface area contributed by atoms with E-state index in [-0.39, 0.29) is 11.0 Å². The van der Waals surface area contributed by atoms with Gasteiger partial charge in [-0.3, -0.25) is 0 Å². The molecule has 2 nitrogen and oxygen atoms in total. The van der Waals surface area contributed by atoms with Crippen molar-refractivity contribution >= 4 is 0 Å². The smallest absolute Gasteiger partial charge is 0.870 e. The van der Waals surface area contributed by atoms with Crippen molar-refractivity contribution < 1.29 is 30.1 Å². The molecule has 0 amide bonds. The molecule has 104 valence electrons. The van der Waals surface area contributed by atoms with E-state index in [1.807, 2.05) is 0 Å². The summed E-state index contributed by atoms with van der Waals surface area (Å²) in [6.45, 7) is 4.59. The van der Waals surface area contributed by atoms with E-state index in [1.165, 1.54) is 64.2 Å². The van der Waals surface area contributed by atoms with Crippen molar-refractivity contribution in [1.82, 2.24) is 0 Å². The zero-order chi connectivity index (χ0) is 11.2. The van der Waals surface area contributed by atoms with Crippen molar-refractivity contribution in [3.63, 3.8) is 0 Å². The Labute approximate surface area is 117 Å². The molecule has 0 unspecified atom stereocenters. The Hall–Kier alpha value is 0.634. The Kier molecular flexibility index (Phi) is 29.3. The van der Waals surface area contributed by atoms with Crippen molar-refractivity contribution in [2.75, 3.05) is 0 Å². The minimum Gasteiger partial charge on any atom is -0.870 e. The number of unbranched alkanes of at least 4 members (excludes halogenated alkanes) is 8. The fraction of sp³-hybridized carbons (Fsp3) is 1.00. The summed E-state index contributed by atoms with van der Waals surface area (Å²) in [5.74, 6) is 0. The van der Waals surface area contributed by atoms with Crippen LogP contribution in [0.4, 0.5) is 0 Å². The van der Waals surface area contributed by atoms with Crippen molar-refractivity contribution in [1.29, 1.82) is 0 Å². The average Bonchev–Trinajstić information content (AvgIpc) is 2.26. The van der Waals surface area contributed by atoms with Gasteiger partial charge in [0.05, 0.1) is 0 Å².